The largest absolute Gasteiger partial charge is 0.364 e. The van der Waals surface area contributed by atoms with Crippen LogP contribution in [0.4, 0.5) is 0 Å². The van der Waals surface area contributed by atoms with E-state index in [-0.39, 0.29) is 0 Å². The third-order valence-corrected chi connectivity index (χ3v) is 2.93. The summed E-state index contributed by atoms with van der Waals surface area (Å²) in [6.45, 7) is 5.22. The van der Waals surface area contributed by atoms with Crippen LogP contribution in [0.5, 0.6) is 0 Å². The van der Waals surface area contributed by atoms with Crippen molar-refractivity contribution in [3.63, 3.8) is 0 Å². The molecule has 2 rings (SSSR count). The van der Waals surface area contributed by atoms with Crippen molar-refractivity contribution in [2.24, 2.45) is 11.7 Å². The van der Waals surface area contributed by atoms with Crippen LogP contribution in [0, 0.1) is 5.92 Å². The van der Waals surface area contributed by atoms with Crippen molar-refractivity contribution in [2.75, 3.05) is 13.1 Å². The Morgan fingerprint density at radius 1 is 1.71 bits per heavy atom. The molecule has 1 aliphatic heterocycles. The second-order valence-corrected chi connectivity index (χ2v) is 4.16. The number of aromatic nitrogens is 1. The lowest BCUT2D eigenvalue weighted by molar-refractivity contribution is 0.154. The molecule has 1 aromatic rings. The SMILES string of the molecule is CC1CN(Cc2ccon2)CCC1N. The minimum Gasteiger partial charge on any atom is -0.364 e. The molecule has 2 atom stereocenters. The Balaban J connectivity index is 1.88. The minimum atomic E-state index is 0.364. The second kappa shape index (κ2) is 4.11. The Morgan fingerprint density at radius 2 is 2.57 bits per heavy atom. The van der Waals surface area contributed by atoms with Gasteiger partial charge >= 0.3 is 0 Å². The molecular formula is C10H17N3O. The van der Waals surface area contributed by atoms with Crippen LogP contribution >= 0.6 is 0 Å². The number of likely N-dealkylation sites (tertiary alicyclic amines) is 1. The molecule has 1 fully saturated rings. The van der Waals surface area contributed by atoms with Crippen molar-refractivity contribution >= 4 is 0 Å². The average Bonchev–Trinajstić information content (AvgIpc) is 2.64. The molecule has 4 heteroatoms. The Morgan fingerprint density at radius 3 is 3.21 bits per heavy atom. The number of nitrogens with zero attached hydrogens (tertiary/aromatic N) is 2. The Bertz CT molecular complexity index is 273. The maximum Gasteiger partial charge on any atom is 0.124 e. The van der Waals surface area contributed by atoms with Crippen molar-refractivity contribution in [1.29, 1.82) is 0 Å². The van der Waals surface area contributed by atoms with Gasteiger partial charge in [-0.1, -0.05) is 12.1 Å². The zero-order chi connectivity index (χ0) is 9.97. The van der Waals surface area contributed by atoms with E-state index in [9.17, 15) is 0 Å². The molecule has 78 valence electrons. The smallest absolute Gasteiger partial charge is 0.124 e. The molecule has 0 amide bonds. The molecule has 0 spiro atoms. The Labute approximate surface area is 84.0 Å². The van der Waals surface area contributed by atoms with Crippen molar-refractivity contribution in [2.45, 2.75) is 25.9 Å². The molecule has 0 bridgehead atoms. The summed E-state index contributed by atoms with van der Waals surface area (Å²) >= 11 is 0. The normalized spacial score (nSPS) is 29.3. The van der Waals surface area contributed by atoms with Gasteiger partial charge in [0.15, 0.2) is 0 Å². The number of hydrogen-bond acceptors (Lipinski definition) is 4. The van der Waals surface area contributed by atoms with Gasteiger partial charge in [0.2, 0.25) is 0 Å². The van der Waals surface area contributed by atoms with Crippen LogP contribution in [-0.4, -0.2) is 29.2 Å². The molecule has 2 unspecified atom stereocenters. The van der Waals surface area contributed by atoms with Gasteiger partial charge in [0.1, 0.15) is 6.26 Å². The molecule has 2 N–H and O–H groups in total. The van der Waals surface area contributed by atoms with E-state index < -0.39 is 0 Å². The van der Waals surface area contributed by atoms with E-state index in [1.807, 2.05) is 6.07 Å². The highest BCUT2D eigenvalue weighted by Crippen LogP contribution is 2.16. The Hall–Kier alpha value is -0.870. The lowest BCUT2D eigenvalue weighted by atomic mass is 9.95. The molecule has 1 saturated heterocycles. The summed E-state index contributed by atoms with van der Waals surface area (Å²) in [5.41, 5.74) is 6.96. The monoisotopic (exact) mass is 195 g/mol. The zero-order valence-corrected chi connectivity index (χ0v) is 8.52. The average molecular weight is 195 g/mol. The maximum atomic E-state index is 5.95. The van der Waals surface area contributed by atoms with E-state index in [0.29, 0.717) is 12.0 Å². The molecule has 0 saturated carbocycles. The van der Waals surface area contributed by atoms with Gasteiger partial charge in [0, 0.05) is 31.7 Å². The third-order valence-electron chi connectivity index (χ3n) is 2.93. The molecule has 1 aromatic heterocycles. The number of hydrogen-bond donors (Lipinski definition) is 1. The van der Waals surface area contributed by atoms with Crippen LogP contribution < -0.4 is 5.73 Å². The molecular weight excluding hydrogens is 178 g/mol. The summed E-state index contributed by atoms with van der Waals surface area (Å²) in [6, 6.07) is 2.28. The van der Waals surface area contributed by atoms with Gasteiger partial charge in [-0.2, -0.15) is 0 Å². The molecule has 0 radical (unpaired) electrons. The third kappa shape index (κ3) is 2.13. The lowest BCUT2D eigenvalue weighted by Crippen LogP contribution is -2.45. The zero-order valence-electron chi connectivity index (χ0n) is 8.52. The fourth-order valence-corrected chi connectivity index (χ4v) is 1.94. The standard InChI is InChI=1S/C10H17N3O/c1-8-6-13(4-2-10(8)11)7-9-3-5-14-12-9/h3,5,8,10H,2,4,6-7,11H2,1H3. The minimum absolute atomic E-state index is 0.364. The highest BCUT2D eigenvalue weighted by atomic mass is 16.5. The summed E-state index contributed by atoms with van der Waals surface area (Å²) in [5, 5.41) is 3.91. The molecule has 14 heavy (non-hydrogen) atoms. The van der Waals surface area contributed by atoms with Crippen LogP contribution in [0.1, 0.15) is 19.0 Å². The van der Waals surface area contributed by atoms with Gasteiger partial charge in [-0.15, -0.1) is 0 Å². The van der Waals surface area contributed by atoms with Gasteiger partial charge in [-0.25, -0.2) is 0 Å². The summed E-state index contributed by atoms with van der Waals surface area (Å²) in [6.07, 6.45) is 2.70. The fourth-order valence-electron chi connectivity index (χ4n) is 1.94. The Kier molecular flexibility index (Phi) is 2.84. The van der Waals surface area contributed by atoms with Gasteiger partial charge in [0.05, 0.1) is 5.69 Å². The summed E-state index contributed by atoms with van der Waals surface area (Å²) in [5.74, 6) is 0.579. The second-order valence-electron chi connectivity index (χ2n) is 4.16. The molecule has 2 heterocycles. The van der Waals surface area contributed by atoms with Crippen molar-refractivity contribution in [3.05, 3.63) is 18.0 Å². The van der Waals surface area contributed by atoms with Crippen molar-refractivity contribution < 1.29 is 4.52 Å². The number of rotatable bonds is 2. The van der Waals surface area contributed by atoms with E-state index >= 15 is 0 Å². The summed E-state index contributed by atoms with van der Waals surface area (Å²) in [4.78, 5) is 2.38. The van der Waals surface area contributed by atoms with E-state index in [1.165, 1.54) is 0 Å². The van der Waals surface area contributed by atoms with E-state index in [2.05, 4.69) is 17.0 Å². The quantitative estimate of drug-likeness (QED) is 0.760. The van der Waals surface area contributed by atoms with Crippen molar-refractivity contribution in [1.82, 2.24) is 10.1 Å². The van der Waals surface area contributed by atoms with E-state index in [4.69, 9.17) is 10.3 Å². The molecule has 0 aromatic carbocycles. The molecule has 4 nitrogen and oxygen atoms in total. The number of piperidine rings is 1. The van der Waals surface area contributed by atoms with E-state index in [1.54, 1.807) is 6.26 Å². The van der Waals surface area contributed by atoms with Gasteiger partial charge in [-0.3, -0.25) is 4.90 Å². The molecule has 0 aliphatic carbocycles. The van der Waals surface area contributed by atoms with Gasteiger partial charge < -0.3 is 10.3 Å². The highest BCUT2D eigenvalue weighted by molar-refractivity contribution is 4.96. The topological polar surface area (TPSA) is 55.3 Å². The lowest BCUT2D eigenvalue weighted by Gasteiger charge is -2.34. The predicted octanol–water partition coefficient (Wildman–Crippen LogP) is 0.844. The summed E-state index contributed by atoms with van der Waals surface area (Å²) < 4.78 is 4.80. The first-order valence-corrected chi connectivity index (χ1v) is 5.13. The first-order chi connectivity index (χ1) is 6.75. The summed E-state index contributed by atoms with van der Waals surface area (Å²) in [7, 11) is 0. The first-order valence-electron chi connectivity index (χ1n) is 5.13. The van der Waals surface area contributed by atoms with Gasteiger partial charge in [-0.05, 0) is 12.3 Å². The fraction of sp³-hybridized carbons (Fsp3) is 0.700. The van der Waals surface area contributed by atoms with E-state index in [0.717, 1.165) is 31.7 Å². The number of nitrogens with two attached hydrogens (primary N) is 1. The van der Waals surface area contributed by atoms with Crippen LogP contribution in [0.3, 0.4) is 0 Å². The molecule has 1 aliphatic rings. The van der Waals surface area contributed by atoms with Crippen LogP contribution in [-0.2, 0) is 6.54 Å². The maximum absolute atomic E-state index is 5.95. The highest BCUT2D eigenvalue weighted by Gasteiger charge is 2.23. The van der Waals surface area contributed by atoms with Crippen LogP contribution in [0.15, 0.2) is 16.9 Å². The van der Waals surface area contributed by atoms with Gasteiger partial charge in [0.25, 0.3) is 0 Å². The van der Waals surface area contributed by atoms with Crippen LogP contribution in [0.2, 0.25) is 0 Å². The van der Waals surface area contributed by atoms with Crippen molar-refractivity contribution in [3.8, 4) is 0 Å². The first kappa shape index (κ1) is 9.68. The van der Waals surface area contributed by atoms with Crippen LogP contribution in [0.25, 0.3) is 0 Å². The predicted molar refractivity (Wildman–Crippen MR) is 53.5 cm³/mol.